The Hall–Kier alpha value is -2.65. The molecule has 0 bridgehead atoms. The van der Waals surface area contributed by atoms with Gasteiger partial charge in [0, 0.05) is 39.2 Å². The summed E-state index contributed by atoms with van der Waals surface area (Å²) in [6.07, 6.45) is 4.46. The van der Waals surface area contributed by atoms with E-state index in [9.17, 15) is 14.4 Å². The zero-order chi connectivity index (χ0) is 26.8. The summed E-state index contributed by atoms with van der Waals surface area (Å²) in [5, 5.41) is 0.108. The van der Waals surface area contributed by atoms with Crippen LogP contribution in [0.2, 0.25) is 0 Å². The van der Waals surface area contributed by atoms with Crippen LogP contribution in [0.1, 0.15) is 62.8 Å². The quantitative estimate of drug-likeness (QED) is 0.233. The molecule has 1 aliphatic rings. The van der Waals surface area contributed by atoms with Crippen molar-refractivity contribution in [3.63, 3.8) is 0 Å². The van der Waals surface area contributed by atoms with Crippen molar-refractivity contribution in [3.8, 4) is 0 Å². The Kier molecular flexibility index (Phi) is 11.2. The number of unbranched alkanes of at least 4 members (excludes halogenated alkanes) is 1. The molecule has 0 aliphatic carbocycles. The minimum absolute atomic E-state index is 0.0108. The van der Waals surface area contributed by atoms with E-state index < -0.39 is 5.25 Å². The highest BCUT2D eigenvalue weighted by molar-refractivity contribution is 8.00. The number of hydrogen-bond acceptors (Lipinski definition) is 7. The first kappa shape index (κ1) is 28.9. The summed E-state index contributed by atoms with van der Waals surface area (Å²) in [5.41, 5.74) is 2.09. The first-order valence-electron chi connectivity index (χ1n) is 13.1. The van der Waals surface area contributed by atoms with Gasteiger partial charge in [-0.15, -0.1) is 0 Å². The molecule has 3 rings (SSSR count). The number of rotatable bonds is 12. The Bertz CT molecular complexity index is 1100. The van der Waals surface area contributed by atoms with Crippen molar-refractivity contribution in [2.75, 3.05) is 26.8 Å². The van der Waals surface area contributed by atoms with Crippen molar-refractivity contribution in [3.05, 3.63) is 57.5 Å². The van der Waals surface area contributed by atoms with Gasteiger partial charge in [0.1, 0.15) is 0 Å². The molecule has 9 heteroatoms. The third kappa shape index (κ3) is 7.68. The molecule has 1 amide bonds. The molecular weight excluding hydrogens is 490 g/mol. The molecule has 0 radical (unpaired) electrons. The SMILES string of the molecule is CCCCC(Sc1nc(COC)c(Cc2ccccc2)c(=O)n1C)C(=O)N1CCCC(C(=O)OCC)C1. The van der Waals surface area contributed by atoms with Crippen LogP contribution in [0, 0.1) is 5.92 Å². The van der Waals surface area contributed by atoms with Gasteiger partial charge in [0.25, 0.3) is 5.56 Å². The lowest BCUT2D eigenvalue weighted by molar-refractivity contribution is -0.151. The van der Waals surface area contributed by atoms with Gasteiger partial charge in [-0.3, -0.25) is 19.0 Å². The molecule has 2 unspecified atom stereocenters. The van der Waals surface area contributed by atoms with Gasteiger partial charge in [-0.1, -0.05) is 61.9 Å². The fraction of sp³-hybridized carbons (Fsp3) is 0.571. The number of carbonyl (C=O) groups excluding carboxylic acids is 2. The van der Waals surface area contributed by atoms with Crippen molar-refractivity contribution >= 4 is 23.6 Å². The van der Waals surface area contributed by atoms with E-state index in [2.05, 4.69) is 6.92 Å². The van der Waals surface area contributed by atoms with Gasteiger partial charge in [-0.05, 0) is 31.7 Å². The second kappa shape index (κ2) is 14.3. The van der Waals surface area contributed by atoms with E-state index in [1.807, 2.05) is 30.3 Å². The summed E-state index contributed by atoms with van der Waals surface area (Å²) in [6, 6.07) is 9.82. The van der Waals surface area contributed by atoms with E-state index >= 15 is 0 Å². The van der Waals surface area contributed by atoms with Crippen LogP contribution in [-0.4, -0.2) is 58.4 Å². The number of carbonyl (C=O) groups is 2. The molecule has 2 aromatic rings. The molecule has 1 aromatic heterocycles. The maximum absolute atomic E-state index is 13.7. The number of aromatic nitrogens is 2. The smallest absolute Gasteiger partial charge is 0.310 e. The highest BCUT2D eigenvalue weighted by Crippen LogP contribution is 2.29. The minimum atomic E-state index is -0.394. The molecule has 1 saturated heterocycles. The lowest BCUT2D eigenvalue weighted by atomic mass is 9.97. The van der Waals surface area contributed by atoms with Crippen LogP contribution in [0.15, 0.2) is 40.3 Å². The molecule has 37 heavy (non-hydrogen) atoms. The third-order valence-corrected chi connectivity index (χ3v) is 7.93. The Balaban J connectivity index is 1.87. The standard InChI is InChI=1S/C28H39N3O5S/c1-5-7-15-24(26(33)31-16-11-14-21(18-31)27(34)36-6-2)37-28-29-23(19-35-4)22(25(32)30(28)3)17-20-12-9-8-10-13-20/h8-10,12-13,21,24H,5-7,11,14-19H2,1-4H3. The molecule has 0 saturated carbocycles. The van der Waals surface area contributed by atoms with Gasteiger partial charge < -0.3 is 14.4 Å². The monoisotopic (exact) mass is 529 g/mol. The summed E-state index contributed by atoms with van der Waals surface area (Å²) in [5.74, 6) is -0.536. The minimum Gasteiger partial charge on any atom is -0.466 e. The highest BCUT2D eigenvalue weighted by Gasteiger charge is 2.33. The number of nitrogens with zero attached hydrogens (tertiary/aromatic N) is 3. The predicted molar refractivity (Wildman–Crippen MR) is 145 cm³/mol. The number of esters is 1. The van der Waals surface area contributed by atoms with Crippen molar-refractivity contribution < 1.29 is 19.1 Å². The lowest BCUT2D eigenvalue weighted by Crippen LogP contribution is -2.46. The number of ether oxygens (including phenoxy) is 2. The molecule has 2 heterocycles. The second-order valence-corrected chi connectivity index (χ2v) is 10.6. The topological polar surface area (TPSA) is 90.7 Å². The zero-order valence-electron chi connectivity index (χ0n) is 22.4. The summed E-state index contributed by atoms with van der Waals surface area (Å²) >= 11 is 1.34. The fourth-order valence-electron chi connectivity index (χ4n) is 4.59. The Morgan fingerprint density at radius 1 is 1.22 bits per heavy atom. The maximum Gasteiger partial charge on any atom is 0.310 e. The third-order valence-electron chi connectivity index (χ3n) is 6.63. The van der Waals surface area contributed by atoms with Crippen molar-refractivity contribution in [2.45, 2.75) is 69.4 Å². The fourth-order valence-corrected chi connectivity index (χ4v) is 5.79. The average molecular weight is 530 g/mol. The first-order valence-corrected chi connectivity index (χ1v) is 14.0. The van der Waals surface area contributed by atoms with Gasteiger partial charge in [0.15, 0.2) is 5.16 Å². The van der Waals surface area contributed by atoms with Crippen LogP contribution in [0.4, 0.5) is 0 Å². The van der Waals surface area contributed by atoms with Crippen LogP contribution >= 0.6 is 11.8 Å². The number of methoxy groups -OCH3 is 1. The molecular formula is C28H39N3O5S. The number of amides is 1. The van der Waals surface area contributed by atoms with Crippen molar-refractivity contribution in [1.29, 1.82) is 0 Å². The predicted octanol–water partition coefficient (Wildman–Crippen LogP) is 3.97. The van der Waals surface area contributed by atoms with Crippen molar-refractivity contribution in [2.24, 2.45) is 13.0 Å². The van der Waals surface area contributed by atoms with Crippen LogP contribution in [0.5, 0.6) is 0 Å². The average Bonchev–Trinajstić information content (AvgIpc) is 2.92. The van der Waals surface area contributed by atoms with E-state index in [4.69, 9.17) is 14.5 Å². The van der Waals surface area contributed by atoms with E-state index in [0.29, 0.717) is 49.0 Å². The first-order chi connectivity index (χ1) is 17.9. The van der Waals surface area contributed by atoms with Crippen LogP contribution in [-0.2, 0) is 39.1 Å². The number of thioether (sulfide) groups is 1. The number of benzene rings is 1. The Labute approximate surface area is 223 Å². The molecule has 1 aliphatic heterocycles. The molecule has 2 atom stereocenters. The molecule has 0 spiro atoms. The molecule has 0 N–H and O–H groups in total. The van der Waals surface area contributed by atoms with E-state index in [1.54, 1.807) is 30.5 Å². The van der Waals surface area contributed by atoms with E-state index in [0.717, 1.165) is 31.2 Å². The van der Waals surface area contributed by atoms with Crippen LogP contribution in [0.25, 0.3) is 0 Å². The molecule has 8 nitrogen and oxygen atoms in total. The largest absolute Gasteiger partial charge is 0.466 e. The lowest BCUT2D eigenvalue weighted by Gasteiger charge is -2.34. The summed E-state index contributed by atoms with van der Waals surface area (Å²) in [7, 11) is 3.30. The zero-order valence-corrected chi connectivity index (χ0v) is 23.2. The van der Waals surface area contributed by atoms with Gasteiger partial charge in [0.05, 0.1) is 30.1 Å². The van der Waals surface area contributed by atoms with Gasteiger partial charge in [-0.25, -0.2) is 4.98 Å². The second-order valence-electron chi connectivity index (χ2n) is 9.40. The van der Waals surface area contributed by atoms with Gasteiger partial charge >= 0.3 is 5.97 Å². The van der Waals surface area contributed by atoms with Crippen molar-refractivity contribution in [1.82, 2.24) is 14.5 Å². The molecule has 1 aromatic carbocycles. The summed E-state index contributed by atoms with van der Waals surface area (Å²) < 4.78 is 12.1. The highest BCUT2D eigenvalue weighted by atomic mass is 32.2. The van der Waals surface area contributed by atoms with E-state index in [-0.39, 0.29) is 30.0 Å². The van der Waals surface area contributed by atoms with Gasteiger partial charge in [0.2, 0.25) is 5.91 Å². The van der Waals surface area contributed by atoms with Crippen LogP contribution in [0.3, 0.4) is 0 Å². The van der Waals surface area contributed by atoms with Crippen LogP contribution < -0.4 is 5.56 Å². The molecule has 1 fully saturated rings. The Morgan fingerprint density at radius 2 is 1.97 bits per heavy atom. The summed E-state index contributed by atoms with van der Waals surface area (Å²) in [6.45, 7) is 5.43. The van der Waals surface area contributed by atoms with Gasteiger partial charge in [-0.2, -0.15) is 0 Å². The maximum atomic E-state index is 13.7. The van der Waals surface area contributed by atoms with E-state index in [1.165, 1.54) is 11.8 Å². The molecule has 202 valence electrons. The Morgan fingerprint density at radius 3 is 2.65 bits per heavy atom. The number of hydrogen-bond donors (Lipinski definition) is 0. The normalized spacial score (nSPS) is 16.4. The number of likely N-dealkylation sites (tertiary alicyclic amines) is 1. The summed E-state index contributed by atoms with van der Waals surface area (Å²) in [4.78, 5) is 46.0. The number of piperidine rings is 1.